The maximum absolute atomic E-state index is 13.2. The summed E-state index contributed by atoms with van der Waals surface area (Å²) < 4.78 is 7.32. The number of imidazole rings is 1. The summed E-state index contributed by atoms with van der Waals surface area (Å²) in [5.41, 5.74) is 1.68. The van der Waals surface area contributed by atoms with Gasteiger partial charge in [-0.25, -0.2) is 4.98 Å². The highest BCUT2D eigenvalue weighted by Crippen LogP contribution is 2.32. The molecule has 0 unspecified atom stereocenters. The van der Waals surface area contributed by atoms with Crippen LogP contribution in [0.5, 0.6) is 0 Å². The van der Waals surface area contributed by atoms with E-state index in [1.807, 2.05) is 40.9 Å². The molecule has 1 aliphatic rings. The van der Waals surface area contributed by atoms with Gasteiger partial charge in [-0.1, -0.05) is 35.0 Å². The minimum absolute atomic E-state index is 0.0804. The van der Waals surface area contributed by atoms with Gasteiger partial charge in [0.1, 0.15) is 17.0 Å². The third-order valence-electron chi connectivity index (χ3n) is 4.85. The number of aryl methyl sites for hydroxylation is 2. The van der Waals surface area contributed by atoms with Crippen molar-refractivity contribution in [3.8, 4) is 11.3 Å². The quantitative estimate of drug-likeness (QED) is 0.693. The van der Waals surface area contributed by atoms with Gasteiger partial charge in [-0.05, 0) is 13.0 Å². The molecule has 0 radical (unpaired) electrons. The Balaban J connectivity index is 1.56. The number of halogens is 1. The number of rotatable bonds is 3. The van der Waals surface area contributed by atoms with Crippen LogP contribution in [0, 0.1) is 6.92 Å². The maximum Gasteiger partial charge on any atom is 0.259 e. The summed E-state index contributed by atoms with van der Waals surface area (Å²) in [6.45, 7) is 4.42. The molecule has 0 saturated carbocycles. The largest absolute Gasteiger partial charge is 0.360 e. The minimum Gasteiger partial charge on any atom is -0.360 e. The summed E-state index contributed by atoms with van der Waals surface area (Å²) in [5.74, 6) is 1.34. The zero-order valence-electron chi connectivity index (χ0n) is 15.2. The van der Waals surface area contributed by atoms with Gasteiger partial charge in [-0.3, -0.25) is 4.79 Å². The van der Waals surface area contributed by atoms with E-state index < -0.39 is 0 Å². The van der Waals surface area contributed by atoms with Gasteiger partial charge in [0.15, 0.2) is 0 Å². The Bertz CT molecular complexity index is 972. The number of carbonyl (C=O) groups is 1. The Morgan fingerprint density at radius 2 is 1.93 bits per heavy atom. The van der Waals surface area contributed by atoms with E-state index in [2.05, 4.69) is 15.0 Å². The van der Waals surface area contributed by atoms with Gasteiger partial charge in [-0.15, -0.1) is 0 Å². The van der Waals surface area contributed by atoms with Crippen molar-refractivity contribution in [2.24, 2.45) is 7.05 Å². The van der Waals surface area contributed by atoms with Crippen molar-refractivity contribution in [2.75, 3.05) is 31.1 Å². The van der Waals surface area contributed by atoms with Crippen LogP contribution in [-0.4, -0.2) is 51.7 Å². The summed E-state index contributed by atoms with van der Waals surface area (Å²) >= 11 is 6.30. The Labute approximate surface area is 162 Å². The topological polar surface area (TPSA) is 67.4 Å². The second-order valence-electron chi connectivity index (χ2n) is 6.56. The molecule has 0 N–H and O–H groups in total. The van der Waals surface area contributed by atoms with Crippen molar-refractivity contribution in [1.82, 2.24) is 19.6 Å². The third kappa shape index (κ3) is 3.19. The van der Waals surface area contributed by atoms with E-state index in [-0.39, 0.29) is 5.91 Å². The van der Waals surface area contributed by atoms with Crippen LogP contribution in [0.1, 0.15) is 16.1 Å². The number of hydrogen-bond acceptors (Lipinski definition) is 5. The van der Waals surface area contributed by atoms with Crippen LogP contribution >= 0.6 is 11.6 Å². The molecule has 1 saturated heterocycles. The minimum atomic E-state index is -0.0804. The summed E-state index contributed by atoms with van der Waals surface area (Å²) in [4.78, 5) is 21.6. The van der Waals surface area contributed by atoms with E-state index in [0.717, 1.165) is 19.0 Å². The molecular formula is C19H20ClN5O2. The summed E-state index contributed by atoms with van der Waals surface area (Å²) in [7, 11) is 1.97. The second kappa shape index (κ2) is 7.08. The lowest BCUT2D eigenvalue weighted by atomic mass is 10.0. The summed E-state index contributed by atoms with van der Waals surface area (Å²) in [6.07, 6.45) is 3.70. The van der Waals surface area contributed by atoms with Crippen LogP contribution < -0.4 is 4.90 Å². The fourth-order valence-electron chi connectivity index (χ4n) is 3.39. The first-order valence-electron chi connectivity index (χ1n) is 8.79. The van der Waals surface area contributed by atoms with Gasteiger partial charge in [0.05, 0.1) is 5.02 Å². The first-order valence-corrected chi connectivity index (χ1v) is 9.17. The molecule has 1 amide bonds. The van der Waals surface area contributed by atoms with Crippen molar-refractivity contribution in [2.45, 2.75) is 6.92 Å². The molecule has 2 aromatic heterocycles. The number of piperazine rings is 1. The molecule has 3 aromatic rings. The van der Waals surface area contributed by atoms with Crippen molar-refractivity contribution in [3.63, 3.8) is 0 Å². The van der Waals surface area contributed by atoms with Gasteiger partial charge < -0.3 is 18.9 Å². The number of amides is 1. The highest BCUT2D eigenvalue weighted by molar-refractivity contribution is 6.33. The summed E-state index contributed by atoms with van der Waals surface area (Å²) in [6, 6.07) is 7.33. The molecule has 1 aromatic carbocycles. The number of nitrogens with zero attached hydrogens (tertiary/aromatic N) is 5. The van der Waals surface area contributed by atoms with Crippen LogP contribution in [0.4, 0.5) is 5.95 Å². The van der Waals surface area contributed by atoms with E-state index in [0.29, 0.717) is 40.7 Å². The molecule has 3 heterocycles. The molecule has 1 fully saturated rings. The molecule has 8 heteroatoms. The molecule has 0 aliphatic carbocycles. The predicted octanol–water partition coefficient (Wildman–Crippen LogP) is 3.00. The molecule has 27 heavy (non-hydrogen) atoms. The molecule has 7 nitrogen and oxygen atoms in total. The molecule has 0 spiro atoms. The van der Waals surface area contributed by atoms with Gasteiger partial charge in [0.2, 0.25) is 5.95 Å². The average Bonchev–Trinajstić information content (AvgIpc) is 3.27. The van der Waals surface area contributed by atoms with Gasteiger partial charge in [0, 0.05) is 51.2 Å². The summed E-state index contributed by atoms with van der Waals surface area (Å²) in [5, 5.41) is 4.64. The van der Waals surface area contributed by atoms with Crippen LogP contribution in [0.2, 0.25) is 5.02 Å². The Hall–Kier alpha value is -2.80. The second-order valence-corrected chi connectivity index (χ2v) is 6.97. The first kappa shape index (κ1) is 17.6. The van der Waals surface area contributed by atoms with E-state index >= 15 is 0 Å². The van der Waals surface area contributed by atoms with E-state index in [1.54, 1.807) is 19.2 Å². The lowest BCUT2D eigenvalue weighted by Gasteiger charge is -2.35. The fraction of sp³-hybridized carbons (Fsp3) is 0.316. The standard InChI is InChI=1S/C19H20ClN5O2/c1-13-16(17(22-27-13)14-5-3-4-6-15(14)20)18(26)24-9-11-25(12-10-24)19-21-7-8-23(19)2/h3-8H,9-12H2,1-2H3. The van der Waals surface area contributed by atoms with Gasteiger partial charge >= 0.3 is 0 Å². The monoisotopic (exact) mass is 385 g/mol. The zero-order valence-corrected chi connectivity index (χ0v) is 16.0. The van der Waals surface area contributed by atoms with Crippen molar-refractivity contribution in [1.29, 1.82) is 0 Å². The lowest BCUT2D eigenvalue weighted by Crippen LogP contribution is -2.49. The number of aromatic nitrogens is 3. The van der Waals surface area contributed by atoms with E-state index in [9.17, 15) is 4.79 Å². The molecule has 0 atom stereocenters. The smallest absolute Gasteiger partial charge is 0.259 e. The van der Waals surface area contributed by atoms with Gasteiger partial charge in [-0.2, -0.15) is 0 Å². The Morgan fingerprint density at radius 1 is 1.19 bits per heavy atom. The number of carbonyl (C=O) groups excluding carboxylic acids is 1. The maximum atomic E-state index is 13.2. The average molecular weight is 386 g/mol. The van der Waals surface area contributed by atoms with E-state index in [1.165, 1.54) is 0 Å². The van der Waals surface area contributed by atoms with E-state index in [4.69, 9.17) is 16.1 Å². The van der Waals surface area contributed by atoms with Crippen LogP contribution in [0.15, 0.2) is 41.2 Å². The van der Waals surface area contributed by atoms with Crippen LogP contribution in [0.3, 0.4) is 0 Å². The first-order chi connectivity index (χ1) is 13.1. The van der Waals surface area contributed by atoms with Crippen molar-refractivity contribution in [3.05, 3.63) is 53.0 Å². The van der Waals surface area contributed by atoms with Crippen molar-refractivity contribution < 1.29 is 9.32 Å². The van der Waals surface area contributed by atoms with Crippen molar-refractivity contribution >= 4 is 23.5 Å². The third-order valence-corrected chi connectivity index (χ3v) is 5.18. The predicted molar refractivity (Wildman–Crippen MR) is 103 cm³/mol. The molecule has 0 bridgehead atoms. The normalized spacial score (nSPS) is 14.6. The molecule has 140 valence electrons. The Morgan fingerprint density at radius 3 is 2.59 bits per heavy atom. The van der Waals surface area contributed by atoms with Crippen LogP contribution in [-0.2, 0) is 7.05 Å². The number of anilines is 1. The SMILES string of the molecule is Cc1onc(-c2ccccc2Cl)c1C(=O)N1CCN(c2nccn2C)CC1. The van der Waals surface area contributed by atoms with Gasteiger partial charge in [0.25, 0.3) is 5.91 Å². The number of hydrogen-bond donors (Lipinski definition) is 0. The fourth-order valence-corrected chi connectivity index (χ4v) is 3.62. The zero-order chi connectivity index (χ0) is 19.0. The molecule has 1 aliphatic heterocycles. The highest BCUT2D eigenvalue weighted by Gasteiger charge is 2.29. The number of benzene rings is 1. The lowest BCUT2D eigenvalue weighted by molar-refractivity contribution is 0.0745. The molecular weight excluding hydrogens is 366 g/mol. The van der Waals surface area contributed by atoms with Crippen LogP contribution in [0.25, 0.3) is 11.3 Å². The Kier molecular flexibility index (Phi) is 4.61. The highest BCUT2D eigenvalue weighted by atomic mass is 35.5. The molecule has 4 rings (SSSR count).